The first kappa shape index (κ1) is 34.8. The summed E-state index contributed by atoms with van der Waals surface area (Å²) in [4.78, 5) is 34.4. The third-order valence-corrected chi connectivity index (χ3v) is 7.49. The van der Waals surface area contributed by atoms with Gasteiger partial charge in [0.2, 0.25) is 0 Å². The second-order valence-corrected chi connectivity index (χ2v) is 10.9. The van der Waals surface area contributed by atoms with Gasteiger partial charge in [-0.15, -0.1) is 0 Å². The second kappa shape index (κ2) is 18.2. The molecule has 1 saturated heterocycles. The number of hydrogen-bond acceptors (Lipinski definition) is 7. The number of esters is 1. The van der Waals surface area contributed by atoms with Gasteiger partial charge < -0.3 is 24.4 Å². The SMILES string of the molecule is C=C(C)[C@@H]1CCC(C)=CC1c1c(OC)cc(CCCCC)cc1OC(=O)CCN1CCOCC1.O=C(O)C=CC(=O)O. The Balaban J connectivity index is 0.000000675. The minimum absolute atomic E-state index is 0.0907. The van der Waals surface area contributed by atoms with Crippen molar-refractivity contribution in [2.24, 2.45) is 5.92 Å². The predicted molar refractivity (Wildman–Crippen MR) is 162 cm³/mol. The van der Waals surface area contributed by atoms with Crippen molar-refractivity contribution in [3.05, 3.63) is 59.2 Å². The molecule has 0 amide bonds. The van der Waals surface area contributed by atoms with Crippen LogP contribution < -0.4 is 9.47 Å². The van der Waals surface area contributed by atoms with Crippen LogP contribution in [0.1, 0.15) is 76.3 Å². The maximum Gasteiger partial charge on any atom is 0.328 e. The Hall–Kier alpha value is -3.43. The van der Waals surface area contributed by atoms with E-state index in [9.17, 15) is 14.4 Å². The molecule has 1 fully saturated rings. The first-order valence-corrected chi connectivity index (χ1v) is 14.7. The van der Waals surface area contributed by atoms with Crippen molar-refractivity contribution in [3.8, 4) is 11.5 Å². The van der Waals surface area contributed by atoms with E-state index in [1.54, 1.807) is 7.11 Å². The molecule has 1 aromatic rings. The number of hydrogen-bond donors (Lipinski definition) is 2. The first-order chi connectivity index (χ1) is 20.0. The fraction of sp³-hybridized carbons (Fsp3) is 0.545. The van der Waals surface area contributed by atoms with Gasteiger partial charge in [0.05, 0.1) is 26.7 Å². The number of ether oxygens (including phenoxy) is 3. The van der Waals surface area contributed by atoms with E-state index in [1.807, 2.05) is 0 Å². The molecule has 232 valence electrons. The van der Waals surface area contributed by atoms with Gasteiger partial charge in [-0.2, -0.15) is 0 Å². The average Bonchev–Trinajstić information content (AvgIpc) is 2.95. The van der Waals surface area contributed by atoms with E-state index in [-0.39, 0.29) is 11.9 Å². The van der Waals surface area contributed by atoms with Gasteiger partial charge in [0.1, 0.15) is 11.5 Å². The van der Waals surface area contributed by atoms with Crippen LogP contribution in [0.5, 0.6) is 11.5 Å². The highest BCUT2D eigenvalue weighted by atomic mass is 16.5. The Labute approximate surface area is 249 Å². The van der Waals surface area contributed by atoms with Crippen molar-refractivity contribution >= 4 is 17.9 Å². The van der Waals surface area contributed by atoms with E-state index in [1.165, 1.54) is 18.4 Å². The van der Waals surface area contributed by atoms with Crippen molar-refractivity contribution in [1.29, 1.82) is 0 Å². The molecule has 1 aliphatic carbocycles. The Bertz CT molecular complexity index is 1120. The molecule has 2 N–H and O–H groups in total. The second-order valence-electron chi connectivity index (χ2n) is 10.9. The molecule has 0 spiro atoms. The molecule has 9 heteroatoms. The number of carbonyl (C=O) groups excluding carboxylic acids is 1. The van der Waals surface area contributed by atoms with Gasteiger partial charge in [-0.3, -0.25) is 9.69 Å². The summed E-state index contributed by atoms with van der Waals surface area (Å²) in [6.07, 6.45) is 10.3. The molecular weight excluding hydrogens is 538 g/mol. The van der Waals surface area contributed by atoms with E-state index >= 15 is 0 Å². The summed E-state index contributed by atoms with van der Waals surface area (Å²) >= 11 is 0. The number of morpholine rings is 1. The van der Waals surface area contributed by atoms with Crippen LogP contribution >= 0.6 is 0 Å². The first-order valence-electron chi connectivity index (χ1n) is 14.7. The van der Waals surface area contributed by atoms with Crippen molar-refractivity contribution in [2.45, 2.75) is 71.6 Å². The summed E-state index contributed by atoms with van der Waals surface area (Å²) in [5, 5.41) is 15.6. The van der Waals surface area contributed by atoms with Crippen LogP contribution in [-0.4, -0.2) is 73.0 Å². The van der Waals surface area contributed by atoms with Gasteiger partial charge in [-0.1, -0.05) is 43.6 Å². The number of methoxy groups -OCH3 is 1. The highest BCUT2D eigenvalue weighted by molar-refractivity contribution is 5.89. The van der Waals surface area contributed by atoms with Gasteiger partial charge >= 0.3 is 17.9 Å². The number of unbranched alkanes of at least 4 members (excludes halogenated alkanes) is 2. The number of aryl methyl sites for hydroxylation is 1. The van der Waals surface area contributed by atoms with Crippen LogP contribution in [0.3, 0.4) is 0 Å². The maximum atomic E-state index is 13.0. The quantitative estimate of drug-likeness (QED) is 0.0974. The Morgan fingerprint density at radius 1 is 1.10 bits per heavy atom. The van der Waals surface area contributed by atoms with Gasteiger partial charge in [0.15, 0.2) is 0 Å². The molecule has 0 radical (unpaired) electrons. The van der Waals surface area contributed by atoms with E-state index < -0.39 is 11.9 Å². The van der Waals surface area contributed by atoms with E-state index in [4.69, 9.17) is 24.4 Å². The molecular formula is C33H47NO8. The van der Waals surface area contributed by atoms with Crippen LogP contribution in [0.25, 0.3) is 0 Å². The number of aliphatic carboxylic acids is 2. The highest BCUT2D eigenvalue weighted by Crippen LogP contribution is 2.47. The predicted octanol–water partition coefficient (Wildman–Crippen LogP) is 5.78. The topological polar surface area (TPSA) is 123 Å². The number of benzene rings is 1. The fourth-order valence-corrected chi connectivity index (χ4v) is 5.26. The minimum atomic E-state index is -1.26. The van der Waals surface area contributed by atoms with Gasteiger partial charge in [-0.25, -0.2) is 9.59 Å². The normalized spacial score (nSPS) is 18.9. The number of nitrogens with zero attached hydrogens (tertiary/aromatic N) is 1. The molecule has 2 aliphatic rings. The lowest BCUT2D eigenvalue weighted by Crippen LogP contribution is -2.37. The standard InChI is InChI=1S/C29H43NO4.C4H4O4/c1-6-7-8-9-23-19-26(32-5)29(25-18-22(4)10-11-24(25)21(2)3)27(20-23)34-28(31)12-13-30-14-16-33-17-15-30;5-3(6)1-2-4(7)8/h18-20,24-25H,2,6-17H2,1,3-5H3;1-2H,(H,5,6)(H,7,8)/t24-,25?;/m0./s1. The number of carboxylic acid groups (broad SMARTS) is 2. The molecule has 1 aromatic carbocycles. The molecule has 0 saturated carbocycles. The van der Waals surface area contributed by atoms with Crippen molar-refractivity contribution in [2.75, 3.05) is 40.0 Å². The molecule has 0 aromatic heterocycles. The van der Waals surface area contributed by atoms with Crippen LogP contribution in [-0.2, 0) is 25.5 Å². The summed E-state index contributed by atoms with van der Waals surface area (Å²) in [5.74, 6) is -0.849. The Morgan fingerprint density at radius 2 is 1.74 bits per heavy atom. The van der Waals surface area contributed by atoms with E-state index in [0.29, 0.717) is 36.8 Å². The summed E-state index contributed by atoms with van der Waals surface area (Å²) < 4.78 is 17.4. The number of carbonyl (C=O) groups is 3. The smallest absolute Gasteiger partial charge is 0.328 e. The van der Waals surface area contributed by atoms with Crippen molar-refractivity contribution in [1.82, 2.24) is 4.90 Å². The molecule has 1 unspecified atom stereocenters. The summed E-state index contributed by atoms with van der Waals surface area (Å²) in [6, 6.07) is 4.22. The number of rotatable bonds is 13. The Morgan fingerprint density at radius 3 is 2.31 bits per heavy atom. The summed E-state index contributed by atoms with van der Waals surface area (Å²) in [5.41, 5.74) is 4.66. The largest absolute Gasteiger partial charge is 0.496 e. The summed E-state index contributed by atoms with van der Waals surface area (Å²) in [7, 11) is 1.72. The minimum Gasteiger partial charge on any atom is -0.496 e. The fourth-order valence-electron chi connectivity index (χ4n) is 5.26. The summed E-state index contributed by atoms with van der Waals surface area (Å²) in [6.45, 7) is 14.7. The molecule has 9 nitrogen and oxygen atoms in total. The van der Waals surface area contributed by atoms with Gasteiger partial charge in [-0.05, 0) is 63.1 Å². The lowest BCUT2D eigenvalue weighted by molar-refractivity contribution is -0.135. The molecule has 1 aliphatic heterocycles. The zero-order chi connectivity index (χ0) is 31.1. The third kappa shape index (κ3) is 11.8. The monoisotopic (exact) mass is 585 g/mol. The zero-order valence-electron chi connectivity index (χ0n) is 25.5. The number of carboxylic acids is 2. The Kier molecular flexibility index (Phi) is 15.1. The molecule has 2 atom stereocenters. The van der Waals surface area contributed by atoms with Gasteiger partial charge in [0, 0.05) is 43.3 Å². The molecule has 1 heterocycles. The maximum absolute atomic E-state index is 13.0. The molecule has 42 heavy (non-hydrogen) atoms. The van der Waals surface area contributed by atoms with Crippen LogP contribution in [0.15, 0.2) is 48.1 Å². The molecule has 3 rings (SSSR count). The lowest BCUT2D eigenvalue weighted by atomic mass is 9.73. The number of allylic oxidation sites excluding steroid dienone is 3. The van der Waals surface area contributed by atoms with Crippen LogP contribution in [0.2, 0.25) is 0 Å². The van der Waals surface area contributed by atoms with Crippen LogP contribution in [0.4, 0.5) is 0 Å². The third-order valence-electron chi connectivity index (χ3n) is 7.49. The van der Waals surface area contributed by atoms with Crippen LogP contribution in [0, 0.1) is 5.92 Å². The highest BCUT2D eigenvalue weighted by Gasteiger charge is 2.31. The van der Waals surface area contributed by atoms with E-state index in [0.717, 1.165) is 74.4 Å². The van der Waals surface area contributed by atoms with Gasteiger partial charge in [0.25, 0.3) is 0 Å². The molecule has 0 bridgehead atoms. The zero-order valence-corrected chi connectivity index (χ0v) is 25.5. The lowest BCUT2D eigenvalue weighted by Gasteiger charge is -2.32. The average molecular weight is 586 g/mol. The van der Waals surface area contributed by atoms with Crippen molar-refractivity contribution in [3.63, 3.8) is 0 Å². The van der Waals surface area contributed by atoms with Crippen molar-refractivity contribution < 1.29 is 38.8 Å². The van der Waals surface area contributed by atoms with E-state index in [2.05, 4.69) is 50.5 Å².